The van der Waals surface area contributed by atoms with E-state index in [1.807, 2.05) is 5.38 Å². The molecule has 1 fully saturated rings. The Kier molecular flexibility index (Phi) is 5.16. The molecule has 1 amide bonds. The minimum Gasteiger partial charge on any atom is -0.369 e. The Morgan fingerprint density at radius 2 is 1.97 bits per heavy atom. The molecular formula is C25H32N2O2S. The van der Waals surface area contributed by atoms with Crippen molar-refractivity contribution in [2.45, 2.75) is 78.1 Å². The highest BCUT2D eigenvalue weighted by Gasteiger charge is 2.54. The Labute approximate surface area is 183 Å². The van der Waals surface area contributed by atoms with Crippen LogP contribution < -0.4 is 5.73 Å². The summed E-state index contributed by atoms with van der Waals surface area (Å²) in [7, 11) is 0. The van der Waals surface area contributed by atoms with Crippen LogP contribution in [-0.2, 0) is 16.6 Å². The second-order valence-corrected chi connectivity index (χ2v) is 10.8. The number of carbonyl (C=O) groups is 2. The van der Waals surface area contributed by atoms with Crippen LogP contribution in [0.1, 0.15) is 92.7 Å². The van der Waals surface area contributed by atoms with Crippen LogP contribution in [0.25, 0.3) is 11.3 Å². The lowest BCUT2D eigenvalue weighted by Gasteiger charge is -2.54. The van der Waals surface area contributed by atoms with Gasteiger partial charge in [0.15, 0.2) is 10.8 Å². The van der Waals surface area contributed by atoms with E-state index in [4.69, 9.17) is 5.73 Å². The zero-order valence-corrected chi connectivity index (χ0v) is 19.5. The van der Waals surface area contributed by atoms with E-state index in [-0.39, 0.29) is 23.0 Å². The van der Waals surface area contributed by atoms with Gasteiger partial charge < -0.3 is 5.73 Å². The van der Waals surface area contributed by atoms with Gasteiger partial charge in [-0.2, -0.15) is 0 Å². The molecule has 0 saturated heterocycles. The summed E-state index contributed by atoms with van der Waals surface area (Å²) in [5.41, 5.74) is 11.4. The Morgan fingerprint density at radius 1 is 1.23 bits per heavy atom. The first kappa shape index (κ1) is 21.2. The number of aromatic nitrogens is 1. The van der Waals surface area contributed by atoms with Crippen LogP contribution in [0.4, 0.5) is 0 Å². The lowest BCUT2D eigenvalue weighted by molar-refractivity contribution is -0.135. The van der Waals surface area contributed by atoms with Gasteiger partial charge in [0.2, 0.25) is 5.91 Å². The topological polar surface area (TPSA) is 73.1 Å². The van der Waals surface area contributed by atoms with Crippen LogP contribution in [0.5, 0.6) is 0 Å². The van der Waals surface area contributed by atoms with Gasteiger partial charge >= 0.3 is 0 Å². The Hall–Kier alpha value is -2.01. The fourth-order valence-electron chi connectivity index (χ4n) is 6.09. The molecule has 2 aliphatic carbocycles. The van der Waals surface area contributed by atoms with Crippen LogP contribution in [0.15, 0.2) is 17.5 Å². The minimum atomic E-state index is -0.454. The van der Waals surface area contributed by atoms with Crippen molar-refractivity contribution in [2.24, 2.45) is 17.1 Å². The molecule has 30 heavy (non-hydrogen) atoms. The number of rotatable bonds is 4. The van der Waals surface area contributed by atoms with Crippen molar-refractivity contribution >= 4 is 23.0 Å². The van der Waals surface area contributed by atoms with E-state index < -0.39 is 5.41 Å². The maximum atomic E-state index is 12.5. The van der Waals surface area contributed by atoms with E-state index in [2.05, 4.69) is 44.8 Å². The molecule has 4 rings (SSSR count). The van der Waals surface area contributed by atoms with Crippen LogP contribution in [0.2, 0.25) is 0 Å². The zero-order chi connectivity index (χ0) is 21.8. The molecule has 1 saturated carbocycles. The molecule has 0 aliphatic heterocycles. The number of nitrogens with zero attached hydrogens (tertiary/aromatic N) is 1. The monoisotopic (exact) mass is 424 g/mol. The fraction of sp³-hybridized carbons (Fsp3) is 0.560. The molecule has 5 heteroatoms. The van der Waals surface area contributed by atoms with Gasteiger partial charge in [-0.3, -0.25) is 9.59 Å². The number of amides is 1. The molecular weight excluding hydrogens is 392 g/mol. The van der Waals surface area contributed by atoms with Crippen molar-refractivity contribution < 1.29 is 9.59 Å². The molecule has 3 atom stereocenters. The zero-order valence-electron chi connectivity index (χ0n) is 18.7. The van der Waals surface area contributed by atoms with Gasteiger partial charge in [-0.25, -0.2) is 4.98 Å². The van der Waals surface area contributed by atoms with E-state index in [0.29, 0.717) is 10.9 Å². The van der Waals surface area contributed by atoms with Gasteiger partial charge in [-0.1, -0.05) is 40.2 Å². The standard InChI is InChI=1S/C25H32N2O2S/c1-14(2)17-11-16-7-8-21-24(4,9-6-10-25(21,5)23(26)29)19(16)12-18(17)20-13-30-22(27-20)15(3)28/h11-14,21H,6-10H2,1-5H3,(H2,26,29)/t21-,24-,25-/m1/s1. The summed E-state index contributed by atoms with van der Waals surface area (Å²) < 4.78 is 0. The van der Waals surface area contributed by atoms with Gasteiger partial charge in [0, 0.05) is 23.3 Å². The molecule has 1 aromatic heterocycles. The SMILES string of the molecule is CC(=O)c1nc(-c2cc3c(cc2C(C)C)CC[C@H]2[C@](C)(C(N)=O)CCC[C@]32C)cs1. The molecule has 2 aromatic rings. The summed E-state index contributed by atoms with van der Waals surface area (Å²) in [6, 6.07) is 4.68. The number of nitrogens with two attached hydrogens (primary N) is 1. The number of fused-ring (bicyclic) bond motifs is 3. The molecule has 2 aliphatic rings. The molecule has 0 unspecified atom stereocenters. The van der Waals surface area contributed by atoms with Crippen molar-refractivity contribution in [3.8, 4) is 11.3 Å². The maximum Gasteiger partial charge on any atom is 0.223 e. The third kappa shape index (κ3) is 3.13. The number of thiazole rings is 1. The molecule has 2 N–H and O–H groups in total. The largest absolute Gasteiger partial charge is 0.369 e. The lowest BCUT2D eigenvalue weighted by atomic mass is 9.49. The van der Waals surface area contributed by atoms with Crippen molar-refractivity contribution in [1.29, 1.82) is 0 Å². The van der Waals surface area contributed by atoms with Gasteiger partial charge in [0.05, 0.1) is 5.69 Å². The van der Waals surface area contributed by atoms with Gasteiger partial charge in [-0.05, 0) is 65.7 Å². The molecule has 1 aromatic carbocycles. The quantitative estimate of drug-likeness (QED) is 0.646. The van der Waals surface area contributed by atoms with E-state index >= 15 is 0 Å². The number of Topliss-reactive ketones (excluding diaryl/α,β-unsaturated/α-hetero) is 1. The van der Waals surface area contributed by atoms with Gasteiger partial charge in [-0.15, -0.1) is 11.3 Å². The molecule has 0 spiro atoms. The summed E-state index contributed by atoms with van der Waals surface area (Å²) in [6.07, 6.45) is 4.95. The van der Waals surface area contributed by atoms with Crippen molar-refractivity contribution in [1.82, 2.24) is 4.98 Å². The third-order valence-electron chi connectivity index (χ3n) is 7.79. The second kappa shape index (κ2) is 7.30. The molecule has 1 heterocycles. The van der Waals surface area contributed by atoms with E-state index in [0.717, 1.165) is 43.4 Å². The van der Waals surface area contributed by atoms with E-state index in [1.54, 1.807) is 6.92 Å². The predicted molar refractivity (Wildman–Crippen MR) is 122 cm³/mol. The summed E-state index contributed by atoms with van der Waals surface area (Å²) in [5, 5.41) is 2.56. The average molecular weight is 425 g/mol. The second-order valence-electron chi connectivity index (χ2n) is 9.99. The van der Waals surface area contributed by atoms with E-state index in [9.17, 15) is 9.59 Å². The molecule has 0 bridgehead atoms. The normalized spacial score (nSPS) is 28.1. The molecule has 160 valence electrons. The minimum absolute atomic E-state index is 0.00633. The number of hydrogen-bond donors (Lipinski definition) is 1. The molecule has 0 radical (unpaired) electrons. The average Bonchev–Trinajstić information content (AvgIpc) is 3.17. The van der Waals surface area contributed by atoms with Crippen LogP contribution >= 0.6 is 11.3 Å². The third-order valence-corrected chi connectivity index (χ3v) is 8.73. The summed E-state index contributed by atoms with van der Waals surface area (Å²) in [4.78, 5) is 28.9. The van der Waals surface area contributed by atoms with Crippen molar-refractivity contribution in [2.75, 3.05) is 0 Å². The number of primary amides is 1. The fourth-order valence-corrected chi connectivity index (χ4v) is 6.81. The van der Waals surface area contributed by atoms with Crippen LogP contribution in [-0.4, -0.2) is 16.7 Å². The maximum absolute atomic E-state index is 12.5. The highest BCUT2D eigenvalue weighted by Crippen LogP contribution is 2.58. The lowest BCUT2D eigenvalue weighted by Crippen LogP contribution is -2.54. The predicted octanol–water partition coefficient (Wildman–Crippen LogP) is 5.63. The van der Waals surface area contributed by atoms with E-state index in [1.165, 1.54) is 28.0 Å². The number of hydrogen-bond acceptors (Lipinski definition) is 4. The summed E-state index contributed by atoms with van der Waals surface area (Å²) >= 11 is 1.41. The number of benzene rings is 1. The Bertz CT molecular complexity index is 1020. The number of ketones is 1. The summed E-state index contributed by atoms with van der Waals surface area (Å²) in [6.45, 7) is 10.4. The Balaban J connectivity index is 1.89. The number of carbonyl (C=O) groups excluding carboxylic acids is 2. The highest BCUT2D eigenvalue weighted by molar-refractivity contribution is 7.12. The number of aryl methyl sites for hydroxylation is 1. The van der Waals surface area contributed by atoms with Gasteiger partial charge in [0.1, 0.15) is 0 Å². The summed E-state index contributed by atoms with van der Waals surface area (Å²) in [5.74, 6) is 0.462. The van der Waals surface area contributed by atoms with Crippen LogP contribution in [0, 0.1) is 11.3 Å². The first-order chi connectivity index (χ1) is 14.1. The first-order valence-corrected chi connectivity index (χ1v) is 11.9. The smallest absolute Gasteiger partial charge is 0.223 e. The highest BCUT2D eigenvalue weighted by atomic mass is 32.1. The first-order valence-electron chi connectivity index (χ1n) is 11.0. The Morgan fingerprint density at radius 3 is 2.57 bits per heavy atom. The van der Waals surface area contributed by atoms with Crippen molar-refractivity contribution in [3.05, 3.63) is 39.2 Å². The van der Waals surface area contributed by atoms with Gasteiger partial charge in [0.25, 0.3) is 0 Å². The van der Waals surface area contributed by atoms with Crippen LogP contribution in [0.3, 0.4) is 0 Å². The molecule has 4 nitrogen and oxygen atoms in total. The van der Waals surface area contributed by atoms with Crippen molar-refractivity contribution in [3.63, 3.8) is 0 Å².